The summed E-state index contributed by atoms with van der Waals surface area (Å²) in [6.07, 6.45) is 0. The topological polar surface area (TPSA) is 38.5 Å². The summed E-state index contributed by atoms with van der Waals surface area (Å²) in [4.78, 5) is 2.35. The van der Waals surface area contributed by atoms with Crippen molar-refractivity contribution >= 4 is 11.6 Å². The van der Waals surface area contributed by atoms with E-state index in [9.17, 15) is 0 Å². The fourth-order valence-corrected chi connectivity index (χ4v) is 2.48. The van der Waals surface area contributed by atoms with Crippen LogP contribution in [0.5, 0.6) is 5.75 Å². The Labute approximate surface area is 107 Å². The first kappa shape index (κ1) is 12.7. The summed E-state index contributed by atoms with van der Waals surface area (Å²) in [5.41, 5.74) is 7.14. The molecule has 2 unspecified atom stereocenters. The minimum Gasteiger partial charge on any atom is -0.497 e. The van der Waals surface area contributed by atoms with E-state index in [0.717, 1.165) is 36.0 Å². The SMILES string of the molecule is COc1ccc(CN2CC(C)C(N)C2)c(Cl)c1. The van der Waals surface area contributed by atoms with Gasteiger partial charge >= 0.3 is 0 Å². The molecule has 2 N–H and O–H groups in total. The van der Waals surface area contributed by atoms with Gasteiger partial charge in [0.1, 0.15) is 5.75 Å². The third kappa shape index (κ3) is 2.92. The molecule has 0 amide bonds. The maximum absolute atomic E-state index is 6.22. The number of halogens is 1. The zero-order valence-corrected chi connectivity index (χ0v) is 11.1. The van der Waals surface area contributed by atoms with E-state index in [-0.39, 0.29) is 6.04 Å². The maximum atomic E-state index is 6.22. The van der Waals surface area contributed by atoms with E-state index < -0.39 is 0 Å². The molecule has 2 atom stereocenters. The molecule has 0 saturated carbocycles. The molecule has 0 spiro atoms. The summed E-state index contributed by atoms with van der Waals surface area (Å²) in [6, 6.07) is 6.11. The molecular formula is C13H19ClN2O. The number of ether oxygens (including phenoxy) is 1. The van der Waals surface area contributed by atoms with E-state index in [1.165, 1.54) is 0 Å². The molecule has 2 rings (SSSR count). The average molecular weight is 255 g/mol. The van der Waals surface area contributed by atoms with Crippen LogP contribution in [0.2, 0.25) is 5.02 Å². The lowest BCUT2D eigenvalue weighted by molar-refractivity contribution is 0.318. The second-order valence-electron chi connectivity index (χ2n) is 4.79. The molecule has 1 aromatic carbocycles. The van der Waals surface area contributed by atoms with Crippen LogP contribution in [0.1, 0.15) is 12.5 Å². The van der Waals surface area contributed by atoms with Crippen LogP contribution in [0, 0.1) is 5.92 Å². The van der Waals surface area contributed by atoms with Crippen LogP contribution in [0.4, 0.5) is 0 Å². The summed E-state index contributed by atoms with van der Waals surface area (Å²) >= 11 is 6.22. The molecule has 1 fully saturated rings. The second-order valence-corrected chi connectivity index (χ2v) is 5.20. The van der Waals surface area contributed by atoms with E-state index in [1.807, 2.05) is 18.2 Å². The Morgan fingerprint density at radius 2 is 2.24 bits per heavy atom. The molecular weight excluding hydrogens is 236 g/mol. The van der Waals surface area contributed by atoms with Gasteiger partial charge in [0.2, 0.25) is 0 Å². The normalized spacial score (nSPS) is 25.2. The molecule has 3 nitrogen and oxygen atoms in total. The molecule has 1 heterocycles. The Bertz CT molecular complexity index is 387. The maximum Gasteiger partial charge on any atom is 0.120 e. The summed E-state index contributed by atoms with van der Waals surface area (Å²) in [6.45, 7) is 5.05. The molecule has 1 aliphatic rings. The number of nitrogens with two attached hydrogens (primary N) is 1. The highest BCUT2D eigenvalue weighted by atomic mass is 35.5. The third-order valence-electron chi connectivity index (χ3n) is 3.40. The number of hydrogen-bond donors (Lipinski definition) is 1. The van der Waals surface area contributed by atoms with Gasteiger partial charge in [0, 0.05) is 30.7 Å². The molecule has 0 bridgehead atoms. The van der Waals surface area contributed by atoms with Gasteiger partial charge in [-0.2, -0.15) is 0 Å². The molecule has 4 heteroatoms. The zero-order valence-electron chi connectivity index (χ0n) is 10.3. The van der Waals surface area contributed by atoms with E-state index in [2.05, 4.69) is 11.8 Å². The average Bonchev–Trinajstić information content (AvgIpc) is 2.61. The monoisotopic (exact) mass is 254 g/mol. The van der Waals surface area contributed by atoms with Crippen molar-refractivity contribution in [2.45, 2.75) is 19.5 Å². The number of nitrogens with zero attached hydrogens (tertiary/aromatic N) is 1. The van der Waals surface area contributed by atoms with Gasteiger partial charge in [-0.25, -0.2) is 0 Å². The number of hydrogen-bond acceptors (Lipinski definition) is 3. The fraction of sp³-hybridized carbons (Fsp3) is 0.538. The second kappa shape index (κ2) is 5.25. The smallest absolute Gasteiger partial charge is 0.120 e. The Hall–Kier alpha value is -0.770. The van der Waals surface area contributed by atoms with Gasteiger partial charge in [-0.05, 0) is 23.6 Å². The molecule has 0 aromatic heterocycles. The van der Waals surface area contributed by atoms with Crippen LogP contribution >= 0.6 is 11.6 Å². The van der Waals surface area contributed by atoms with E-state index in [4.69, 9.17) is 22.1 Å². The van der Waals surface area contributed by atoms with Crippen molar-refractivity contribution in [2.24, 2.45) is 11.7 Å². The summed E-state index contributed by atoms with van der Waals surface area (Å²) in [7, 11) is 1.65. The molecule has 1 aliphatic heterocycles. The van der Waals surface area contributed by atoms with Gasteiger partial charge < -0.3 is 10.5 Å². The van der Waals surface area contributed by atoms with Crippen LogP contribution < -0.4 is 10.5 Å². The summed E-state index contributed by atoms with van der Waals surface area (Å²) in [5, 5.41) is 0.762. The fourth-order valence-electron chi connectivity index (χ4n) is 2.25. The van der Waals surface area contributed by atoms with Gasteiger partial charge in [-0.15, -0.1) is 0 Å². The van der Waals surface area contributed by atoms with Gasteiger partial charge in [0.05, 0.1) is 7.11 Å². The van der Waals surface area contributed by atoms with Gasteiger partial charge in [-0.1, -0.05) is 24.6 Å². The lowest BCUT2D eigenvalue weighted by atomic mass is 10.1. The Balaban J connectivity index is 2.04. The van der Waals surface area contributed by atoms with Gasteiger partial charge in [0.25, 0.3) is 0 Å². The highest BCUT2D eigenvalue weighted by molar-refractivity contribution is 6.31. The summed E-state index contributed by atoms with van der Waals surface area (Å²) in [5.74, 6) is 1.36. The van der Waals surface area contributed by atoms with Crippen molar-refractivity contribution in [3.63, 3.8) is 0 Å². The minimum absolute atomic E-state index is 0.284. The molecule has 0 radical (unpaired) electrons. The minimum atomic E-state index is 0.284. The largest absolute Gasteiger partial charge is 0.497 e. The summed E-state index contributed by atoms with van der Waals surface area (Å²) < 4.78 is 5.14. The van der Waals surface area contributed by atoms with Crippen LogP contribution in [0.3, 0.4) is 0 Å². The molecule has 17 heavy (non-hydrogen) atoms. The van der Waals surface area contributed by atoms with E-state index in [1.54, 1.807) is 7.11 Å². The quantitative estimate of drug-likeness (QED) is 0.898. The Morgan fingerprint density at radius 3 is 2.76 bits per heavy atom. The van der Waals surface area contributed by atoms with Crippen LogP contribution in [-0.4, -0.2) is 31.1 Å². The lowest BCUT2D eigenvalue weighted by Gasteiger charge is -2.16. The van der Waals surface area contributed by atoms with Crippen molar-refractivity contribution < 1.29 is 4.74 Å². The highest BCUT2D eigenvalue weighted by Crippen LogP contribution is 2.25. The van der Waals surface area contributed by atoms with Crippen molar-refractivity contribution in [3.8, 4) is 5.75 Å². The first-order valence-corrected chi connectivity index (χ1v) is 6.28. The number of rotatable bonds is 3. The van der Waals surface area contributed by atoms with Gasteiger partial charge in [0.15, 0.2) is 0 Å². The van der Waals surface area contributed by atoms with Crippen molar-refractivity contribution in [1.82, 2.24) is 4.90 Å². The predicted octanol–water partition coefficient (Wildman–Crippen LogP) is 2.13. The Morgan fingerprint density at radius 1 is 1.47 bits per heavy atom. The Kier molecular flexibility index (Phi) is 3.92. The van der Waals surface area contributed by atoms with Gasteiger partial charge in [-0.3, -0.25) is 4.90 Å². The van der Waals surface area contributed by atoms with E-state index in [0.29, 0.717) is 5.92 Å². The standard InChI is InChI=1S/C13H19ClN2O/c1-9-6-16(8-13(9)15)7-10-3-4-11(17-2)5-12(10)14/h3-5,9,13H,6-8,15H2,1-2H3. The molecule has 1 aromatic rings. The number of likely N-dealkylation sites (tertiary alicyclic amines) is 1. The predicted molar refractivity (Wildman–Crippen MR) is 70.4 cm³/mol. The van der Waals surface area contributed by atoms with Crippen molar-refractivity contribution in [1.29, 1.82) is 0 Å². The molecule has 1 saturated heterocycles. The lowest BCUT2D eigenvalue weighted by Crippen LogP contribution is -2.28. The first-order chi connectivity index (χ1) is 8.10. The zero-order chi connectivity index (χ0) is 12.4. The first-order valence-electron chi connectivity index (χ1n) is 5.90. The highest BCUT2D eigenvalue weighted by Gasteiger charge is 2.26. The third-order valence-corrected chi connectivity index (χ3v) is 3.75. The van der Waals surface area contributed by atoms with Crippen LogP contribution in [0.15, 0.2) is 18.2 Å². The number of methoxy groups -OCH3 is 1. The van der Waals surface area contributed by atoms with Crippen molar-refractivity contribution in [2.75, 3.05) is 20.2 Å². The molecule has 0 aliphatic carbocycles. The number of benzene rings is 1. The van der Waals surface area contributed by atoms with Crippen LogP contribution in [-0.2, 0) is 6.54 Å². The van der Waals surface area contributed by atoms with E-state index >= 15 is 0 Å². The molecule has 94 valence electrons. The van der Waals surface area contributed by atoms with Crippen molar-refractivity contribution in [3.05, 3.63) is 28.8 Å². The van der Waals surface area contributed by atoms with Crippen LogP contribution in [0.25, 0.3) is 0 Å².